The Labute approximate surface area is 191 Å². The van der Waals surface area contributed by atoms with Gasteiger partial charge in [-0.15, -0.1) is 0 Å². The summed E-state index contributed by atoms with van der Waals surface area (Å²) in [6.45, 7) is 5.91. The van der Waals surface area contributed by atoms with Crippen molar-refractivity contribution in [3.63, 3.8) is 0 Å². The van der Waals surface area contributed by atoms with Crippen LogP contribution in [0.1, 0.15) is 18.1 Å². The largest absolute Gasteiger partial charge is 0.332 e. The van der Waals surface area contributed by atoms with Gasteiger partial charge in [0.2, 0.25) is 5.95 Å². The summed E-state index contributed by atoms with van der Waals surface area (Å²) in [5.41, 5.74) is 3.45. The van der Waals surface area contributed by atoms with Crippen molar-refractivity contribution in [3.8, 4) is 0 Å². The number of hydrogen-bond donors (Lipinski definition) is 0. The molecule has 4 aromatic rings. The molecule has 0 N–H and O–H groups in total. The molecule has 5 rings (SSSR count). The molecule has 0 saturated heterocycles. The lowest BCUT2D eigenvalue weighted by molar-refractivity contribution is 0.458. The van der Waals surface area contributed by atoms with E-state index in [1.165, 1.54) is 9.13 Å². The predicted octanol–water partition coefficient (Wildman–Crippen LogP) is 3.71. The molecule has 0 saturated carbocycles. The van der Waals surface area contributed by atoms with Gasteiger partial charge in [0.25, 0.3) is 5.56 Å². The normalized spacial score (nSPS) is 16.0. The SMILES string of the molecule is Cc1cccc(N2CC(C)Cn3c2nc2c3c(=O)n(CC=Cc3ccccc3)c(=O)n2C)c1. The number of nitrogens with zero attached hydrogens (tertiary/aromatic N) is 5. The Balaban J connectivity index is 1.64. The van der Waals surface area contributed by atoms with Crippen LogP contribution in [0.5, 0.6) is 0 Å². The van der Waals surface area contributed by atoms with E-state index in [4.69, 9.17) is 4.98 Å². The smallest absolute Gasteiger partial charge is 0.312 e. The van der Waals surface area contributed by atoms with Gasteiger partial charge in [-0.05, 0) is 36.1 Å². The highest BCUT2D eigenvalue weighted by molar-refractivity contribution is 5.77. The summed E-state index contributed by atoms with van der Waals surface area (Å²) in [5, 5.41) is 0. The monoisotopic (exact) mass is 441 g/mol. The Hall–Kier alpha value is -3.87. The van der Waals surface area contributed by atoms with Crippen LogP contribution in [0.3, 0.4) is 0 Å². The summed E-state index contributed by atoms with van der Waals surface area (Å²) in [6, 6.07) is 18.1. The Bertz CT molecular complexity index is 1480. The van der Waals surface area contributed by atoms with Crippen LogP contribution in [0.4, 0.5) is 11.6 Å². The number of aromatic nitrogens is 4. The van der Waals surface area contributed by atoms with Gasteiger partial charge in [-0.25, -0.2) is 4.79 Å². The van der Waals surface area contributed by atoms with Crippen molar-refractivity contribution in [2.45, 2.75) is 26.9 Å². The van der Waals surface area contributed by atoms with Gasteiger partial charge in [0, 0.05) is 32.4 Å². The molecule has 0 aliphatic carbocycles. The van der Waals surface area contributed by atoms with Crippen LogP contribution >= 0.6 is 0 Å². The van der Waals surface area contributed by atoms with Gasteiger partial charge in [-0.3, -0.25) is 13.9 Å². The lowest BCUT2D eigenvalue weighted by atomic mass is 10.1. The number of imidazole rings is 1. The highest BCUT2D eigenvalue weighted by atomic mass is 16.2. The topological polar surface area (TPSA) is 65.1 Å². The lowest BCUT2D eigenvalue weighted by Gasteiger charge is -2.33. The lowest BCUT2D eigenvalue weighted by Crippen LogP contribution is -2.40. The first-order chi connectivity index (χ1) is 15.9. The van der Waals surface area contributed by atoms with Crippen molar-refractivity contribution < 1.29 is 0 Å². The number of aryl methyl sites for hydroxylation is 2. The minimum atomic E-state index is -0.365. The molecule has 1 aliphatic heterocycles. The number of allylic oxidation sites excluding steroid dienone is 1. The maximum atomic E-state index is 13.5. The van der Waals surface area contributed by atoms with Crippen LogP contribution in [-0.2, 0) is 20.1 Å². The molecule has 2 aromatic heterocycles. The molecule has 2 aromatic carbocycles. The summed E-state index contributed by atoms with van der Waals surface area (Å²) in [6.07, 6.45) is 3.77. The average molecular weight is 442 g/mol. The number of anilines is 2. The molecule has 1 unspecified atom stereocenters. The fourth-order valence-corrected chi connectivity index (χ4v) is 4.54. The maximum Gasteiger partial charge on any atom is 0.332 e. The highest BCUT2D eigenvalue weighted by Crippen LogP contribution is 2.33. The molecule has 7 heteroatoms. The fourth-order valence-electron chi connectivity index (χ4n) is 4.54. The summed E-state index contributed by atoms with van der Waals surface area (Å²) < 4.78 is 4.75. The second kappa shape index (κ2) is 8.24. The quantitative estimate of drug-likeness (QED) is 0.484. The van der Waals surface area contributed by atoms with E-state index in [1.807, 2.05) is 53.1 Å². The van der Waals surface area contributed by atoms with Crippen molar-refractivity contribution in [3.05, 3.63) is 92.6 Å². The van der Waals surface area contributed by atoms with Gasteiger partial charge in [-0.2, -0.15) is 4.98 Å². The van der Waals surface area contributed by atoms with Crippen LogP contribution in [0.2, 0.25) is 0 Å². The molecule has 0 bridgehead atoms. The molecule has 0 fully saturated rings. The van der Waals surface area contributed by atoms with Gasteiger partial charge < -0.3 is 9.47 Å². The third-order valence-electron chi connectivity index (χ3n) is 6.15. The Morgan fingerprint density at radius 2 is 1.85 bits per heavy atom. The highest BCUT2D eigenvalue weighted by Gasteiger charge is 2.29. The first-order valence-electron chi connectivity index (χ1n) is 11.2. The van der Waals surface area contributed by atoms with E-state index in [-0.39, 0.29) is 17.8 Å². The number of benzene rings is 2. The Morgan fingerprint density at radius 1 is 1.06 bits per heavy atom. The van der Waals surface area contributed by atoms with Crippen molar-refractivity contribution in [1.82, 2.24) is 18.7 Å². The molecule has 0 spiro atoms. The van der Waals surface area contributed by atoms with Crippen LogP contribution in [-0.4, -0.2) is 25.2 Å². The van der Waals surface area contributed by atoms with Crippen LogP contribution in [0, 0.1) is 12.8 Å². The number of hydrogen-bond acceptors (Lipinski definition) is 4. The zero-order valence-electron chi connectivity index (χ0n) is 19.1. The molecule has 1 aliphatic rings. The molecule has 0 radical (unpaired) electrons. The van der Waals surface area contributed by atoms with E-state index in [0.29, 0.717) is 29.6 Å². The van der Waals surface area contributed by atoms with Gasteiger partial charge >= 0.3 is 5.69 Å². The molecular formula is C26H27N5O2. The fraction of sp³-hybridized carbons (Fsp3) is 0.269. The molecule has 168 valence electrons. The second-order valence-electron chi connectivity index (χ2n) is 8.82. The maximum absolute atomic E-state index is 13.5. The van der Waals surface area contributed by atoms with E-state index >= 15 is 0 Å². The summed E-state index contributed by atoms with van der Waals surface area (Å²) in [4.78, 5) is 33.5. The van der Waals surface area contributed by atoms with E-state index in [9.17, 15) is 9.59 Å². The van der Waals surface area contributed by atoms with E-state index in [1.54, 1.807) is 7.05 Å². The minimum absolute atomic E-state index is 0.202. The second-order valence-corrected chi connectivity index (χ2v) is 8.82. The zero-order chi connectivity index (χ0) is 23.1. The van der Waals surface area contributed by atoms with Gasteiger partial charge in [0.05, 0.1) is 0 Å². The van der Waals surface area contributed by atoms with Gasteiger partial charge in [-0.1, -0.05) is 61.5 Å². The molecule has 1 atom stereocenters. The first-order valence-corrected chi connectivity index (χ1v) is 11.2. The van der Waals surface area contributed by atoms with Crippen LogP contribution < -0.4 is 16.1 Å². The van der Waals surface area contributed by atoms with E-state index in [0.717, 1.165) is 23.4 Å². The summed E-state index contributed by atoms with van der Waals surface area (Å²) in [5.74, 6) is 1.02. The average Bonchev–Trinajstić information content (AvgIpc) is 3.19. The molecule has 7 nitrogen and oxygen atoms in total. The minimum Gasteiger partial charge on any atom is -0.312 e. The molecule has 3 heterocycles. The Kier molecular flexibility index (Phi) is 5.24. The van der Waals surface area contributed by atoms with Gasteiger partial charge in [0.15, 0.2) is 11.2 Å². The van der Waals surface area contributed by atoms with Gasteiger partial charge in [0.1, 0.15) is 0 Å². The molecular weight excluding hydrogens is 414 g/mol. The van der Waals surface area contributed by atoms with E-state index in [2.05, 4.69) is 36.9 Å². The van der Waals surface area contributed by atoms with Crippen LogP contribution in [0.15, 0.2) is 70.3 Å². The van der Waals surface area contributed by atoms with Crippen molar-refractivity contribution in [1.29, 1.82) is 0 Å². The zero-order valence-corrected chi connectivity index (χ0v) is 19.1. The standard InChI is InChI=1S/C26H27N5O2/c1-18-9-7-13-21(15-18)30-16-19(2)17-31-22-23(27-25(30)31)28(3)26(33)29(24(22)32)14-8-12-20-10-5-4-6-11-20/h4-13,15,19H,14,16-17H2,1-3H3. The first kappa shape index (κ1) is 21.0. The summed E-state index contributed by atoms with van der Waals surface area (Å²) >= 11 is 0. The van der Waals surface area contributed by atoms with Crippen molar-refractivity contribution in [2.24, 2.45) is 13.0 Å². The molecule has 0 amide bonds. The number of fused-ring (bicyclic) bond motifs is 3. The third-order valence-corrected chi connectivity index (χ3v) is 6.15. The van der Waals surface area contributed by atoms with E-state index < -0.39 is 0 Å². The predicted molar refractivity (Wildman–Crippen MR) is 132 cm³/mol. The molecule has 33 heavy (non-hydrogen) atoms. The third kappa shape index (κ3) is 3.69. The summed E-state index contributed by atoms with van der Waals surface area (Å²) in [7, 11) is 1.68. The Morgan fingerprint density at radius 3 is 2.61 bits per heavy atom. The van der Waals surface area contributed by atoms with Crippen LogP contribution in [0.25, 0.3) is 17.2 Å². The van der Waals surface area contributed by atoms with Crippen molar-refractivity contribution >= 4 is 28.9 Å². The van der Waals surface area contributed by atoms with Crippen molar-refractivity contribution in [2.75, 3.05) is 11.4 Å². The number of rotatable bonds is 4.